The highest BCUT2D eigenvalue weighted by atomic mass is 15.0. The fourth-order valence-corrected chi connectivity index (χ4v) is 8.47. The SMILES string of the molecule is c1ccc(-c2ccccc2-c2cc(-c3ccc4c5ccccc5n(-c5ccccc5)c4c3)nc(-c3c4ccccc4cc4c3ccc3ccccc34)n2)cc1. The Labute approximate surface area is 318 Å². The maximum absolute atomic E-state index is 5.52. The summed E-state index contributed by atoms with van der Waals surface area (Å²) in [6.07, 6.45) is 0. The molecule has 55 heavy (non-hydrogen) atoms. The fourth-order valence-electron chi connectivity index (χ4n) is 8.47. The van der Waals surface area contributed by atoms with Crippen molar-refractivity contribution in [3.8, 4) is 50.7 Å². The summed E-state index contributed by atoms with van der Waals surface area (Å²) in [5.41, 5.74) is 10.6. The van der Waals surface area contributed by atoms with Crippen LogP contribution in [-0.2, 0) is 0 Å². The van der Waals surface area contributed by atoms with E-state index >= 15 is 0 Å². The molecule has 9 aromatic carbocycles. The van der Waals surface area contributed by atoms with E-state index in [-0.39, 0.29) is 0 Å². The zero-order valence-electron chi connectivity index (χ0n) is 29.9. The largest absolute Gasteiger partial charge is 0.309 e. The van der Waals surface area contributed by atoms with E-state index in [9.17, 15) is 0 Å². The van der Waals surface area contributed by atoms with Gasteiger partial charge in [-0.3, -0.25) is 0 Å². The molecule has 0 fully saturated rings. The zero-order chi connectivity index (χ0) is 36.3. The Morgan fingerprint density at radius 1 is 0.327 bits per heavy atom. The fraction of sp³-hybridized carbons (Fsp3) is 0. The van der Waals surface area contributed by atoms with Gasteiger partial charge < -0.3 is 4.57 Å². The first kappa shape index (κ1) is 31.2. The summed E-state index contributed by atoms with van der Waals surface area (Å²) >= 11 is 0. The maximum Gasteiger partial charge on any atom is 0.161 e. The molecule has 11 rings (SSSR count). The molecule has 11 aromatic rings. The standard InChI is InChI=1S/C52H33N3/c1-3-15-34(16-4-1)39-21-11-12-24-42(39)48-33-47(37-28-29-44-43-25-13-14-26-49(43)55(50(44)32-37)38-19-5-2-6-20-38)53-52(54-48)51-41-23-10-8-18-36(41)31-46-40-22-9-7-17-35(40)27-30-45(46)51/h1-33H. The Hall–Kier alpha value is -7.36. The van der Waals surface area contributed by atoms with E-state index < -0.39 is 0 Å². The van der Waals surface area contributed by atoms with Crippen molar-refractivity contribution in [1.29, 1.82) is 0 Å². The lowest BCUT2D eigenvalue weighted by atomic mass is 9.92. The minimum Gasteiger partial charge on any atom is -0.309 e. The molecule has 3 nitrogen and oxygen atoms in total. The summed E-state index contributed by atoms with van der Waals surface area (Å²) in [5, 5.41) is 9.49. The summed E-state index contributed by atoms with van der Waals surface area (Å²) in [5.74, 6) is 0.705. The van der Waals surface area contributed by atoms with E-state index in [1.165, 1.54) is 32.4 Å². The quantitative estimate of drug-likeness (QED) is 0.132. The zero-order valence-corrected chi connectivity index (χ0v) is 29.9. The van der Waals surface area contributed by atoms with Gasteiger partial charge in [0.1, 0.15) is 0 Å². The minimum absolute atomic E-state index is 0.705. The van der Waals surface area contributed by atoms with E-state index in [4.69, 9.17) is 9.97 Å². The normalized spacial score (nSPS) is 11.6. The van der Waals surface area contributed by atoms with Crippen molar-refractivity contribution in [3.63, 3.8) is 0 Å². The number of aromatic nitrogens is 3. The summed E-state index contributed by atoms with van der Waals surface area (Å²) in [6.45, 7) is 0. The number of fused-ring (bicyclic) bond motifs is 7. The third-order valence-corrected chi connectivity index (χ3v) is 11.0. The molecular formula is C52H33N3. The van der Waals surface area contributed by atoms with Crippen LogP contribution in [0.4, 0.5) is 0 Å². The van der Waals surface area contributed by atoms with E-state index in [1.54, 1.807) is 0 Å². The van der Waals surface area contributed by atoms with Crippen LogP contribution in [-0.4, -0.2) is 14.5 Å². The molecule has 0 saturated heterocycles. The van der Waals surface area contributed by atoms with Gasteiger partial charge in [-0.2, -0.15) is 0 Å². The van der Waals surface area contributed by atoms with Crippen molar-refractivity contribution in [3.05, 3.63) is 200 Å². The highest BCUT2D eigenvalue weighted by molar-refractivity contribution is 6.19. The van der Waals surface area contributed by atoms with E-state index in [0.717, 1.165) is 66.6 Å². The Balaban J connectivity index is 1.23. The smallest absolute Gasteiger partial charge is 0.161 e. The van der Waals surface area contributed by atoms with Crippen LogP contribution in [0.3, 0.4) is 0 Å². The molecule has 2 heterocycles. The molecule has 0 atom stereocenters. The highest BCUT2D eigenvalue weighted by Gasteiger charge is 2.20. The molecule has 0 radical (unpaired) electrons. The molecule has 3 heteroatoms. The Kier molecular flexibility index (Phi) is 7.17. The van der Waals surface area contributed by atoms with Crippen LogP contribution in [0.15, 0.2) is 200 Å². The first-order chi connectivity index (χ1) is 27.3. The number of hydrogen-bond acceptors (Lipinski definition) is 2. The minimum atomic E-state index is 0.705. The van der Waals surface area contributed by atoms with Crippen molar-refractivity contribution < 1.29 is 0 Å². The molecule has 0 unspecified atom stereocenters. The van der Waals surface area contributed by atoms with E-state index in [2.05, 4.69) is 205 Å². The van der Waals surface area contributed by atoms with Gasteiger partial charge in [-0.25, -0.2) is 9.97 Å². The molecule has 0 aliphatic carbocycles. The van der Waals surface area contributed by atoms with Crippen molar-refractivity contribution in [2.45, 2.75) is 0 Å². The topological polar surface area (TPSA) is 30.7 Å². The molecule has 0 aliphatic rings. The molecule has 256 valence electrons. The van der Waals surface area contributed by atoms with Crippen molar-refractivity contribution in [2.24, 2.45) is 0 Å². The van der Waals surface area contributed by atoms with Gasteiger partial charge in [-0.05, 0) is 79.8 Å². The molecule has 0 spiro atoms. The van der Waals surface area contributed by atoms with Gasteiger partial charge in [0.2, 0.25) is 0 Å². The van der Waals surface area contributed by atoms with Gasteiger partial charge in [0.05, 0.1) is 22.4 Å². The Morgan fingerprint density at radius 2 is 0.945 bits per heavy atom. The third kappa shape index (κ3) is 5.13. The number of hydrogen-bond donors (Lipinski definition) is 0. The van der Waals surface area contributed by atoms with Crippen LogP contribution in [0.25, 0.3) is 105 Å². The number of nitrogens with zero attached hydrogens (tertiary/aromatic N) is 3. The summed E-state index contributed by atoms with van der Waals surface area (Å²) < 4.78 is 2.37. The molecular weight excluding hydrogens is 667 g/mol. The van der Waals surface area contributed by atoms with Crippen LogP contribution in [0, 0.1) is 0 Å². The van der Waals surface area contributed by atoms with E-state index in [1.807, 2.05) is 0 Å². The molecule has 0 bridgehead atoms. The van der Waals surface area contributed by atoms with Crippen molar-refractivity contribution in [1.82, 2.24) is 14.5 Å². The lowest BCUT2D eigenvalue weighted by Gasteiger charge is -2.16. The predicted molar refractivity (Wildman–Crippen MR) is 231 cm³/mol. The second kappa shape index (κ2) is 12.6. The molecule has 2 aromatic heterocycles. The van der Waals surface area contributed by atoms with Gasteiger partial charge in [-0.15, -0.1) is 0 Å². The second-order valence-corrected chi connectivity index (χ2v) is 14.1. The van der Waals surface area contributed by atoms with E-state index in [0.29, 0.717) is 5.82 Å². The van der Waals surface area contributed by atoms with Crippen LogP contribution in [0.1, 0.15) is 0 Å². The van der Waals surface area contributed by atoms with Crippen molar-refractivity contribution >= 4 is 54.1 Å². The lowest BCUT2D eigenvalue weighted by molar-refractivity contribution is 1.17. The van der Waals surface area contributed by atoms with Crippen LogP contribution >= 0.6 is 0 Å². The first-order valence-corrected chi connectivity index (χ1v) is 18.7. The summed E-state index contributed by atoms with van der Waals surface area (Å²) in [7, 11) is 0. The average molecular weight is 700 g/mol. The Morgan fingerprint density at radius 3 is 1.78 bits per heavy atom. The average Bonchev–Trinajstić information content (AvgIpc) is 3.59. The van der Waals surface area contributed by atoms with Gasteiger partial charge in [0, 0.05) is 33.2 Å². The number of para-hydroxylation sites is 2. The first-order valence-electron chi connectivity index (χ1n) is 18.7. The summed E-state index contributed by atoms with van der Waals surface area (Å²) in [6, 6.07) is 71.5. The Bertz CT molecular complexity index is 3250. The predicted octanol–water partition coefficient (Wildman–Crippen LogP) is 13.7. The van der Waals surface area contributed by atoms with Gasteiger partial charge in [0.15, 0.2) is 5.82 Å². The third-order valence-electron chi connectivity index (χ3n) is 11.0. The van der Waals surface area contributed by atoms with Crippen LogP contribution < -0.4 is 0 Å². The van der Waals surface area contributed by atoms with Gasteiger partial charge in [0.25, 0.3) is 0 Å². The van der Waals surface area contributed by atoms with Crippen molar-refractivity contribution in [2.75, 3.05) is 0 Å². The van der Waals surface area contributed by atoms with Crippen LogP contribution in [0.5, 0.6) is 0 Å². The van der Waals surface area contributed by atoms with Gasteiger partial charge in [-0.1, -0.05) is 164 Å². The monoisotopic (exact) mass is 699 g/mol. The summed E-state index contributed by atoms with van der Waals surface area (Å²) in [4.78, 5) is 11.0. The second-order valence-electron chi connectivity index (χ2n) is 14.1. The number of rotatable bonds is 5. The lowest BCUT2D eigenvalue weighted by Crippen LogP contribution is -1.99. The molecule has 0 amide bonds. The molecule has 0 saturated carbocycles. The molecule has 0 N–H and O–H groups in total. The maximum atomic E-state index is 5.52. The molecule has 0 aliphatic heterocycles. The highest BCUT2D eigenvalue weighted by Crippen LogP contribution is 2.41. The van der Waals surface area contributed by atoms with Gasteiger partial charge >= 0.3 is 0 Å². The van der Waals surface area contributed by atoms with Crippen LogP contribution in [0.2, 0.25) is 0 Å². The number of benzene rings is 9.